The summed E-state index contributed by atoms with van der Waals surface area (Å²) < 4.78 is 1.82. The number of rotatable bonds is 5. The van der Waals surface area contributed by atoms with Crippen molar-refractivity contribution >= 4 is 23.7 Å². The van der Waals surface area contributed by atoms with Crippen molar-refractivity contribution in [3.05, 3.63) is 58.6 Å². The molecule has 1 atom stereocenters. The number of carbonyl (C=O) groups is 1. The zero-order chi connectivity index (χ0) is 22.8. The van der Waals surface area contributed by atoms with Crippen LogP contribution in [0.1, 0.15) is 52.9 Å². The molecule has 3 aromatic heterocycles. The summed E-state index contributed by atoms with van der Waals surface area (Å²) >= 11 is 0. The van der Waals surface area contributed by atoms with Crippen molar-refractivity contribution in [1.82, 2.24) is 34.6 Å². The Hall–Kier alpha value is -3.62. The van der Waals surface area contributed by atoms with Gasteiger partial charge in [0.1, 0.15) is 5.69 Å². The molecule has 0 bridgehead atoms. The molecule has 3 aromatic rings. The molecule has 0 aromatic carbocycles. The van der Waals surface area contributed by atoms with Gasteiger partial charge in [-0.15, -0.1) is 0 Å². The van der Waals surface area contributed by atoms with Crippen LogP contribution in [0.15, 0.2) is 24.5 Å². The number of hydrogen-bond donors (Lipinski definition) is 1. The molecule has 0 saturated carbocycles. The fraction of sp³-hybridized carbons (Fsp3) is 0.391. The van der Waals surface area contributed by atoms with Crippen molar-refractivity contribution in [2.75, 3.05) is 11.9 Å². The summed E-state index contributed by atoms with van der Waals surface area (Å²) in [5, 5.41) is 7.62. The van der Waals surface area contributed by atoms with Crippen LogP contribution in [0.5, 0.6) is 0 Å². The van der Waals surface area contributed by atoms with E-state index in [9.17, 15) is 4.79 Å². The molecule has 4 heterocycles. The van der Waals surface area contributed by atoms with E-state index in [-0.39, 0.29) is 11.9 Å². The lowest BCUT2D eigenvalue weighted by atomic mass is 10.1. The molecule has 1 amide bonds. The third-order valence-corrected chi connectivity index (χ3v) is 5.75. The first-order chi connectivity index (χ1) is 15.3. The highest BCUT2D eigenvalue weighted by Gasteiger charge is 2.32. The first-order valence-electron chi connectivity index (χ1n) is 10.7. The Morgan fingerprint density at radius 1 is 1.12 bits per heavy atom. The molecule has 0 radical (unpaired) electrons. The predicted octanol–water partition coefficient (Wildman–Crippen LogP) is 3.35. The second kappa shape index (κ2) is 8.86. The number of aromatic nitrogens is 6. The zero-order valence-corrected chi connectivity index (χ0v) is 19.1. The molecule has 4 rings (SSSR count). The molecule has 32 heavy (non-hydrogen) atoms. The lowest BCUT2D eigenvalue weighted by Crippen LogP contribution is -2.30. The van der Waals surface area contributed by atoms with Gasteiger partial charge in [-0.1, -0.05) is 0 Å². The Bertz CT molecular complexity index is 1160. The highest BCUT2D eigenvalue weighted by atomic mass is 16.2. The summed E-state index contributed by atoms with van der Waals surface area (Å²) in [5.41, 5.74) is 5.37. The minimum Gasteiger partial charge on any atom is -0.330 e. The van der Waals surface area contributed by atoms with Crippen LogP contribution >= 0.6 is 0 Å². The molecule has 1 saturated heterocycles. The quantitative estimate of drug-likeness (QED) is 0.617. The van der Waals surface area contributed by atoms with E-state index < -0.39 is 0 Å². The van der Waals surface area contributed by atoms with Gasteiger partial charge in [0.15, 0.2) is 5.82 Å². The molecule has 1 fully saturated rings. The van der Waals surface area contributed by atoms with Crippen LogP contribution in [0.25, 0.3) is 6.08 Å². The van der Waals surface area contributed by atoms with Crippen molar-refractivity contribution in [2.45, 2.75) is 46.6 Å². The van der Waals surface area contributed by atoms with Crippen LogP contribution in [0.3, 0.4) is 0 Å². The van der Waals surface area contributed by atoms with Crippen molar-refractivity contribution in [3.63, 3.8) is 0 Å². The number of amides is 1. The topological polar surface area (TPSA) is 102 Å². The zero-order valence-electron chi connectivity index (χ0n) is 19.1. The molecule has 0 spiro atoms. The van der Waals surface area contributed by atoms with Crippen molar-refractivity contribution < 1.29 is 4.79 Å². The number of nitrogens with one attached hydrogen (secondary N) is 1. The molecule has 0 aliphatic carbocycles. The van der Waals surface area contributed by atoms with Gasteiger partial charge in [-0.25, -0.2) is 15.0 Å². The van der Waals surface area contributed by atoms with E-state index in [0.29, 0.717) is 18.3 Å². The molecule has 0 unspecified atom stereocenters. The lowest BCUT2D eigenvalue weighted by Gasteiger charge is -2.24. The number of anilines is 2. The SMILES string of the molecule is Cc1cc(C)nc(Nc2nccnc2[C@H]2CCCN2C(=O)/C=C/c2c(C)nn(C)c2C)n1. The number of likely N-dealkylation sites (tertiary alicyclic amines) is 1. The normalized spacial score (nSPS) is 16.2. The Labute approximate surface area is 187 Å². The van der Waals surface area contributed by atoms with Crippen molar-refractivity contribution in [1.29, 1.82) is 0 Å². The van der Waals surface area contributed by atoms with Gasteiger partial charge in [-0.3, -0.25) is 14.5 Å². The molecule has 166 valence electrons. The van der Waals surface area contributed by atoms with Crippen LogP contribution in [-0.4, -0.2) is 47.1 Å². The lowest BCUT2D eigenvalue weighted by molar-refractivity contribution is -0.126. The number of hydrogen-bond acceptors (Lipinski definition) is 7. The molecule has 1 N–H and O–H groups in total. The minimum absolute atomic E-state index is 0.0468. The van der Waals surface area contributed by atoms with Gasteiger partial charge in [0.25, 0.3) is 0 Å². The van der Waals surface area contributed by atoms with E-state index >= 15 is 0 Å². The summed E-state index contributed by atoms with van der Waals surface area (Å²) in [6.45, 7) is 8.46. The number of nitrogens with zero attached hydrogens (tertiary/aromatic N) is 7. The molecule has 9 heteroatoms. The fourth-order valence-electron chi connectivity index (χ4n) is 4.17. The van der Waals surface area contributed by atoms with Crippen LogP contribution in [0.2, 0.25) is 0 Å². The van der Waals surface area contributed by atoms with E-state index in [2.05, 4.69) is 30.4 Å². The summed E-state index contributed by atoms with van der Waals surface area (Å²) in [6, 6.07) is 1.75. The Morgan fingerprint density at radius 3 is 2.53 bits per heavy atom. The molecule has 1 aliphatic rings. The van der Waals surface area contributed by atoms with E-state index in [1.807, 2.05) is 56.5 Å². The summed E-state index contributed by atoms with van der Waals surface area (Å²) in [4.78, 5) is 32.9. The molecular formula is C23H28N8O. The third kappa shape index (κ3) is 4.37. The second-order valence-corrected chi connectivity index (χ2v) is 8.12. The highest BCUT2D eigenvalue weighted by molar-refractivity contribution is 5.92. The Balaban J connectivity index is 1.58. The van der Waals surface area contributed by atoms with Gasteiger partial charge >= 0.3 is 0 Å². The largest absolute Gasteiger partial charge is 0.330 e. The Kier molecular flexibility index (Phi) is 5.98. The average molecular weight is 433 g/mol. The fourth-order valence-corrected chi connectivity index (χ4v) is 4.17. The van der Waals surface area contributed by atoms with Gasteiger partial charge in [-0.05, 0) is 52.7 Å². The Morgan fingerprint density at radius 2 is 1.84 bits per heavy atom. The maximum absolute atomic E-state index is 13.1. The van der Waals surface area contributed by atoms with Crippen LogP contribution in [-0.2, 0) is 11.8 Å². The maximum atomic E-state index is 13.1. The number of aryl methyl sites for hydroxylation is 4. The second-order valence-electron chi connectivity index (χ2n) is 8.12. The monoisotopic (exact) mass is 432 g/mol. The predicted molar refractivity (Wildman–Crippen MR) is 122 cm³/mol. The summed E-state index contributed by atoms with van der Waals surface area (Å²) in [5.74, 6) is 1.00. The van der Waals surface area contributed by atoms with Gasteiger partial charge in [0.2, 0.25) is 11.9 Å². The van der Waals surface area contributed by atoms with E-state index in [4.69, 9.17) is 0 Å². The van der Waals surface area contributed by atoms with Gasteiger partial charge in [-0.2, -0.15) is 5.10 Å². The molecular weight excluding hydrogens is 404 g/mol. The average Bonchev–Trinajstić information content (AvgIpc) is 3.31. The standard InChI is InChI=1S/C23H28N8O/c1-14-13-15(2)27-23(26-14)28-22-21(24-10-11-25-22)19-7-6-12-31(19)20(32)9-8-18-16(3)29-30(5)17(18)4/h8-11,13,19H,6-7,12H2,1-5H3,(H,25,26,27,28)/b9-8+/t19-/m1/s1. The summed E-state index contributed by atoms with van der Waals surface area (Å²) in [7, 11) is 1.90. The third-order valence-electron chi connectivity index (χ3n) is 5.75. The van der Waals surface area contributed by atoms with E-state index in [1.54, 1.807) is 18.5 Å². The van der Waals surface area contributed by atoms with Gasteiger partial charge < -0.3 is 10.2 Å². The van der Waals surface area contributed by atoms with Crippen molar-refractivity contribution in [2.24, 2.45) is 7.05 Å². The number of carbonyl (C=O) groups excluding carboxylic acids is 1. The maximum Gasteiger partial charge on any atom is 0.247 e. The van der Waals surface area contributed by atoms with Crippen LogP contribution < -0.4 is 5.32 Å². The van der Waals surface area contributed by atoms with Crippen LogP contribution in [0.4, 0.5) is 11.8 Å². The minimum atomic E-state index is -0.162. The van der Waals surface area contributed by atoms with Gasteiger partial charge in [0.05, 0.1) is 11.7 Å². The summed E-state index contributed by atoms with van der Waals surface area (Å²) in [6.07, 6.45) is 8.50. The molecule has 1 aliphatic heterocycles. The highest BCUT2D eigenvalue weighted by Crippen LogP contribution is 2.34. The van der Waals surface area contributed by atoms with Gasteiger partial charge in [0, 0.05) is 54.7 Å². The van der Waals surface area contributed by atoms with Crippen LogP contribution in [0, 0.1) is 27.7 Å². The van der Waals surface area contributed by atoms with E-state index in [1.165, 1.54) is 0 Å². The smallest absolute Gasteiger partial charge is 0.247 e. The van der Waals surface area contributed by atoms with E-state index in [0.717, 1.165) is 46.9 Å². The first kappa shape index (κ1) is 21.6. The first-order valence-corrected chi connectivity index (χ1v) is 10.7. The van der Waals surface area contributed by atoms with Crippen molar-refractivity contribution in [3.8, 4) is 0 Å². The molecule has 9 nitrogen and oxygen atoms in total.